The second-order valence-corrected chi connectivity index (χ2v) is 4.29. The molecule has 1 aliphatic rings. The Morgan fingerprint density at radius 2 is 1.86 bits per heavy atom. The first-order valence-electron chi connectivity index (χ1n) is 6.02. The zero-order chi connectivity index (χ0) is 15.6. The van der Waals surface area contributed by atoms with Crippen molar-refractivity contribution in [1.82, 2.24) is 4.90 Å². The first-order chi connectivity index (χ1) is 9.93. The quantitative estimate of drug-likeness (QED) is 0.576. The van der Waals surface area contributed by atoms with Gasteiger partial charge in [-0.1, -0.05) is 30.0 Å². The van der Waals surface area contributed by atoms with Crippen LogP contribution >= 0.6 is 0 Å². The minimum Gasteiger partial charge on any atom is -0.491 e. The van der Waals surface area contributed by atoms with Gasteiger partial charge < -0.3 is 9.64 Å². The van der Waals surface area contributed by atoms with E-state index in [0.717, 1.165) is 24.1 Å². The van der Waals surface area contributed by atoms with Gasteiger partial charge in [-0.25, -0.2) is 17.6 Å². The fraction of sp³-hybridized carbons (Fsp3) is 0.200. The van der Waals surface area contributed by atoms with Gasteiger partial charge in [0.05, 0.1) is 13.7 Å². The van der Waals surface area contributed by atoms with E-state index in [1.807, 2.05) is 0 Å². The molecule has 0 amide bonds. The van der Waals surface area contributed by atoms with Gasteiger partial charge in [0.1, 0.15) is 0 Å². The molecule has 0 unspecified atom stereocenters. The predicted molar refractivity (Wildman–Crippen MR) is 70.6 cm³/mol. The molecule has 1 aromatic rings. The standard InChI is InChI=1S/C15H12F4NO.Y/c1-9-4-3-5-13(20(9)8-14(18)19)10-6-11(16)15(21-2)12(17)7-10;/h3-4,6-7,14H,1,8H2,2H3;/q-1;. The molecule has 0 saturated heterocycles. The van der Waals surface area contributed by atoms with E-state index in [-0.39, 0.29) is 44.0 Å². The normalized spacial score (nSPS) is 14.0. The van der Waals surface area contributed by atoms with Crippen LogP contribution < -0.4 is 4.74 Å². The van der Waals surface area contributed by atoms with Crippen LogP contribution in [0, 0.1) is 17.7 Å². The zero-order valence-corrected chi connectivity index (χ0v) is 14.6. The topological polar surface area (TPSA) is 12.5 Å². The van der Waals surface area contributed by atoms with E-state index < -0.39 is 30.4 Å². The van der Waals surface area contributed by atoms with Gasteiger partial charge in [0, 0.05) is 32.7 Å². The van der Waals surface area contributed by atoms with Crippen molar-refractivity contribution in [2.75, 3.05) is 13.7 Å². The smallest absolute Gasteiger partial charge is 0.256 e. The van der Waals surface area contributed by atoms with E-state index in [0.29, 0.717) is 5.70 Å². The summed E-state index contributed by atoms with van der Waals surface area (Å²) in [6, 6.07) is 2.02. The molecule has 7 heteroatoms. The maximum absolute atomic E-state index is 13.7. The molecule has 1 radical (unpaired) electrons. The van der Waals surface area contributed by atoms with Crippen LogP contribution in [0.5, 0.6) is 5.75 Å². The minimum atomic E-state index is -2.63. The summed E-state index contributed by atoms with van der Waals surface area (Å²) in [5.41, 5.74) is 0.501. The summed E-state index contributed by atoms with van der Waals surface area (Å²) in [5.74, 6) is -2.36. The molecule has 2 nitrogen and oxygen atoms in total. The Kier molecular flexibility index (Phi) is 6.81. The molecule has 1 aliphatic heterocycles. The van der Waals surface area contributed by atoms with Crippen LogP contribution in [-0.2, 0) is 32.7 Å². The van der Waals surface area contributed by atoms with Crippen LogP contribution in [0.2, 0.25) is 0 Å². The molecule has 1 heterocycles. The van der Waals surface area contributed by atoms with Gasteiger partial charge in [-0.05, 0) is 5.70 Å². The molecule has 2 rings (SSSR count). The van der Waals surface area contributed by atoms with Gasteiger partial charge in [0.15, 0.2) is 17.4 Å². The van der Waals surface area contributed by atoms with Gasteiger partial charge in [-0.2, -0.15) is 12.2 Å². The molecule has 0 N–H and O–H groups in total. The number of halogens is 4. The summed E-state index contributed by atoms with van der Waals surface area (Å²) in [4.78, 5) is 1.16. The van der Waals surface area contributed by atoms with Crippen molar-refractivity contribution in [2.24, 2.45) is 0 Å². The average molecular weight is 387 g/mol. The van der Waals surface area contributed by atoms with Gasteiger partial charge in [0.2, 0.25) is 0 Å². The zero-order valence-electron chi connectivity index (χ0n) is 11.7. The number of ether oxygens (including phenoxy) is 1. The van der Waals surface area contributed by atoms with Gasteiger partial charge in [0.25, 0.3) is 6.43 Å². The number of nitrogens with zero attached hydrogens (tertiary/aromatic N) is 1. The van der Waals surface area contributed by atoms with Gasteiger partial charge in [-0.3, -0.25) is 0 Å². The van der Waals surface area contributed by atoms with Crippen LogP contribution in [0.1, 0.15) is 5.56 Å². The van der Waals surface area contributed by atoms with Crippen molar-refractivity contribution in [1.29, 1.82) is 0 Å². The summed E-state index contributed by atoms with van der Waals surface area (Å²) in [6.45, 7) is 3.00. The third-order valence-electron chi connectivity index (χ3n) is 2.91. The maximum atomic E-state index is 13.7. The Hall–Kier alpha value is -1.14. The summed E-state index contributed by atoms with van der Waals surface area (Å²) in [5, 5.41) is 0. The summed E-state index contributed by atoms with van der Waals surface area (Å²) >= 11 is 0. The fourth-order valence-corrected chi connectivity index (χ4v) is 2.01. The number of hydrogen-bond donors (Lipinski definition) is 0. The first-order valence-corrected chi connectivity index (χ1v) is 6.02. The summed E-state index contributed by atoms with van der Waals surface area (Å²) in [7, 11) is 1.14. The van der Waals surface area contributed by atoms with Crippen molar-refractivity contribution in [3.05, 3.63) is 59.8 Å². The van der Waals surface area contributed by atoms with E-state index >= 15 is 0 Å². The molecule has 0 spiro atoms. The molecule has 0 aromatic heterocycles. The molecule has 0 bridgehead atoms. The largest absolute Gasteiger partial charge is 0.491 e. The summed E-state index contributed by atoms with van der Waals surface area (Å²) in [6.07, 6.45) is 3.03. The van der Waals surface area contributed by atoms with Gasteiger partial charge >= 0.3 is 0 Å². The second kappa shape index (κ2) is 7.93. The molecule has 0 atom stereocenters. The molecule has 0 aliphatic carbocycles. The Labute approximate surface area is 151 Å². The van der Waals surface area contributed by atoms with E-state index in [1.54, 1.807) is 0 Å². The fourth-order valence-electron chi connectivity index (χ4n) is 2.01. The Balaban J connectivity index is 0.00000242. The number of hydrogen-bond acceptors (Lipinski definition) is 2. The Bertz CT molecular complexity index is 605. The van der Waals surface area contributed by atoms with E-state index in [2.05, 4.69) is 17.4 Å². The summed E-state index contributed by atoms with van der Waals surface area (Å²) < 4.78 is 57.4. The second-order valence-electron chi connectivity index (χ2n) is 4.29. The van der Waals surface area contributed by atoms with Gasteiger partial charge in [-0.15, -0.1) is 6.08 Å². The van der Waals surface area contributed by atoms with Crippen LogP contribution in [0.25, 0.3) is 5.70 Å². The Morgan fingerprint density at radius 1 is 1.27 bits per heavy atom. The third kappa shape index (κ3) is 3.99. The number of allylic oxidation sites excluding steroid dienone is 3. The SMILES string of the molecule is C=C1C=C[C-]=C(c2cc(F)c(OC)c(F)c2)N1CC(F)F.[Y]. The van der Waals surface area contributed by atoms with Crippen molar-refractivity contribution in [3.8, 4) is 5.75 Å². The van der Waals surface area contributed by atoms with Crippen molar-refractivity contribution in [2.45, 2.75) is 6.43 Å². The van der Waals surface area contributed by atoms with Crippen molar-refractivity contribution in [3.63, 3.8) is 0 Å². The molecule has 22 heavy (non-hydrogen) atoms. The number of benzene rings is 1. The molecule has 0 fully saturated rings. The predicted octanol–water partition coefficient (Wildman–Crippen LogP) is 3.77. The monoisotopic (exact) mass is 387 g/mol. The van der Waals surface area contributed by atoms with E-state index in [9.17, 15) is 17.6 Å². The first kappa shape index (κ1) is 18.9. The van der Waals surface area contributed by atoms with E-state index in [1.165, 1.54) is 12.2 Å². The molecule has 1 aromatic carbocycles. The third-order valence-corrected chi connectivity index (χ3v) is 2.91. The van der Waals surface area contributed by atoms with Crippen LogP contribution in [-0.4, -0.2) is 25.0 Å². The maximum Gasteiger partial charge on any atom is 0.256 e. The number of alkyl halides is 2. The van der Waals surface area contributed by atoms with Crippen molar-refractivity contribution >= 4 is 5.70 Å². The molecular formula is C15H12F4NOY-. The molecule has 0 saturated carbocycles. The van der Waals surface area contributed by atoms with E-state index in [4.69, 9.17) is 0 Å². The number of rotatable bonds is 4. The average Bonchev–Trinajstić information content (AvgIpc) is 2.40. The molecule has 115 valence electrons. The van der Waals surface area contributed by atoms with Crippen LogP contribution in [0.3, 0.4) is 0 Å². The Morgan fingerprint density at radius 3 is 2.36 bits per heavy atom. The van der Waals surface area contributed by atoms with Crippen LogP contribution in [0.4, 0.5) is 17.6 Å². The van der Waals surface area contributed by atoms with Crippen molar-refractivity contribution < 1.29 is 55.0 Å². The minimum absolute atomic E-state index is 0. The molecular weight excluding hydrogens is 375 g/mol. The number of methoxy groups -OCH3 is 1. The van der Waals surface area contributed by atoms with Crippen LogP contribution in [0.15, 0.2) is 36.6 Å².